The van der Waals surface area contributed by atoms with Crippen LogP contribution < -0.4 is 5.43 Å². The van der Waals surface area contributed by atoms with Crippen LogP contribution in [0.2, 0.25) is 5.02 Å². The van der Waals surface area contributed by atoms with Gasteiger partial charge in [0.05, 0.1) is 10.9 Å². The van der Waals surface area contributed by atoms with Gasteiger partial charge in [0.2, 0.25) is 14.9 Å². The lowest BCUT2D eigenvalue weighted by molar-refractivity contribution is 0.459. The van der Waals surface area contributed by atoms with Crippen molar-refractivity contribution in [2.24, 2.45) is 0 Å². The largest absolute Gasteiger partial charge is 0.444 e. The Labute approximate surface area is 115 Å². The number of rotatable bonds is 3. The Kier molecular flexibility index (Phi) is 3.69. The summed E-state index contributed by atoms with van der Waals surface area (Å²) in [5.41, 5.74) is 0.0977. The first-order valence-electron chi connectivity index (χ1n) is 5.80. The molecule has 0 bridgehead atoms. The fraction of sp³-hybridized carbons (Fsp3) is 0.308. The molecule has 0 unspecified atom stereocenters. The molecule has 0 N–H and O–H groups in total. The zero-order valence-electron chi connectivity index (χ0n) is 10.6. The van der Waals surface area contributed by atoms with Crippen LogP contribution in [-0.2, 0) is 16.3 Å². The van der Waals surface area contributed by atoms with Gasteiger partial charge in [-0.2, -0.15) is 0 Å². The van der Waals surface area contributed by atoms with Crippen LogP contribution in [-0.4, -0.2) is 14.7 Å². The molecule has 1 aromatic heterocycles. The lowest BCUT2D eigenvalue weighted by Crippen LogP contribution is -2.15. The average molecular weight is 301 g/mol. The van der Waals surface area contributed by atoms with Crippen LogP contribution in [0.15, 0.2) is 32.5 Å². The summed E-state index contributed by atoms with van der Waals surface area (Å²) in [6, 6.07) is 4.55. The molecule has 0 aliphatic rings. The van der Waals surface area contributed by atoms with Crippen LogP contribution in [0.1, 0.15) is 18.9 Å². The highest BCUT2D eigenvalue weighted by molar-refractivity contribution is 7.90. The van der Waals surface area contributed by atoms with E-state index >= 15 is 0 Å². The predicted octanol–water partition coefficient (Wildman–Crippen LogP) is 2.80. The third-order valence-corrected chi connectivity index (χ3v) is 3.98. The summed E-state index contributed by atoms with van der Waals surface area (Å²) >= 11 is 5.85. The van der Waals surface area contributed by atoms with Crippen LogP contribution >= 0.6 is 11.6 Å². The van der Waals surface area contributed by atoms with Crippen LogP contribution in [0.25, 0.3) is 11.0 Å². The molecule has 19 heavy (non-hydrogen) atoms. The minimum absolute atomic E-state index is 0.194. The van der Waals surface area contributed by atoms with E-state index in [1.54, 1.807) is 6.07 Å². The van der Waals surface area contributed by atoms with Gasteiger partial charge in [0.25, 0.3) is 0 Å². The van der Waals surface area contributed by atoms with E-state index in [0.29, 0.717) is 23.3 Å². The standard InChI is InChI=1S/C13H13ClO4S/c1-3-4-9-12(15)10-7-8(14)5-6-11(10)18-13(9)19(2,16)17/h5-7H,3-4H2,1-2H3. The highest BCUT2D eigenvalue weighted by Crippen LogP contribution is 2.23. The molecule has 102 valence electrons. The third-order valence-electron chi connectivity index (χ3n) is 2.75. The van der Waals surface area contributed by atoms with Gasteiger partial charge in [-0.15, -0.1) is 0 Å². The maximum Gasteiger partial charge on any atom is 0.225 e. The van der Waals surface area contributed by atoms with Crippen molar-refractivity contribution in [3.8, 4) is 0 Å². The number of fused-ring (bicyclic) bond motifs is 1. The van der Waals surface area contributed by atoms with E-state index < -0.39 is 9.84 Å². The van der Waals surface area contributed by atoms with E-state index in [9.17, 15) is 13.2 Å². The molecule has 0 aliphatic heterocycles. The molecule has 0 radical (unpaired) electrons. The molecule has 0 amide bonds. The molecule has 6 heteroatoms. The maximum absolute atomic E-state index is 12.4. The summed E-state index contributed by atoms with van der Waals surface area (Å²) in [6.45, 7) is 1.87. The molecule has 1 aromatic carbocycles. The van der Waals surface area contributed by atoms with Crippen molar-refractivity contribution in [2.75, 3.05) is 6.26 Å². The zero-order chi connectivity index (χ0) is 14.2. The molecule has 0 saturated heterocycles. The van der Waals surface area contributed by atoms with Crippen molar-refractivity contribution in [1.82, 2.24) is 0 Å². The van der Waals surface area contributed by atoms with Gasteiger partial charge in [0, 0.05) is 11.3 Å². The molecule has 0 aliphatic carbocycles. The number of sulfone groups is 1. The fourth-order valence-electron chi connectivity index (χ4n) is 1.95. The Hall–Kier alpha value is -1.33. The van der Waals surface area contributed by atoms with Gasteiger partial charge in [0.15, 0.2) is 5.43 Å². The van der Waals surface area contributed by atoms with Gasteiger partial charge >= 0.3 is 0 Å². The van der Waals surface area contributed by atoms with E-state index in [2.05, 4.69) is 0 Å². The van der Waals surface area contributed by atoms with Crippen LogP contribution in [0.5, 0.6) is 0 Å². The summed E-state index contributed by atoms with van der Waals surface area (Å²) in [5.74, 6) is 0. The van der Waals surface area contributed by atoms with Gasteiger partial charge in [0.1, 0.15) is 5.58 Å². The Balaban J connectivity index is 2.94. The highest BCUT2D eigenvalue weighted by Gasteiger charge is 2.21. The minimum atomic E-state index is -3.58. The second kappa shape index (κ2) is 4.98. The fourth-order valence-corrected chi connectivity index (χ4v) is 3.01. The summed E-state index contributed by atoms with van der Waals surface area (Å²) in [7, 11) is -3.58. The van der Waals surface area contributed by atoms with Crippen molar-refractivity contribution in [3.63, 3.8) is 0 Å². The average Bonchev–Trinajstić information content (AvgIpc) is 2.32. The molecule has 2 aromatic rings. The van der Waals surface area contributed by atoms with Crippen molar-refractivity contribution in [1.29, 1.82) is 0 Å². The van der Waals surface area contributed by atoms with E-state index in [1.807, 2.05) is 6.92 Å². The SMILES string of the molecule is CCCc1c(S(C)(=O)=O)oc2ccc(Cl)cc2c1=O. The quantitative estimate of drug-likeness (QED) is 0.874. The topological polar surface area (TPSA) is 64.3 Å². The van der Waals surface area contributed by atoms with Crippen molar-refractivity contribution >= 4 is 32.4 Å². The summed E-state index contributed by atoms with van der Waals surface area (Å²) in [5, 5.41) is 0.479. The Morgan fingerprint density at radius 3 is 2.58 bits per heavy atom. The summed E-state index contributed by atoms with van der Waals surface area (Å²) < 4.78 is 28.9. The summed E-state index contributed by atoms with van der Waals surface area (Å²) in [6.07, 6.45) is 2.04. The monoisotopic (exact) mass is 300 g/mol. The highest BCUT2D eigenvalue weighted by atomic mass is 35.5. The zero-order valence-corrected chi connectivity index (χ0v) is 12.1. The molecule has 0 spiro atoms. The number of benzene rings is 1. The predicted molar refractivity (Wildman–Crippen MR) is 74.6 cm³/mol. The number of hydrogen-bond donors (Lipinski definition) is 0. The van der Waals surface area contributed by atoms with E-state index in [-0.39, 0.29) is 21.7 Å². The van der Waals surface area contributed by atoms with Crippen LogP contribution in [0.4, 0.5) is 0 Å². The molecular formula is C13H13ClO4S. The molecule has 0 saturated carbocycles. The van der Waals surface area contributed by atoms with Crippen molar-refractivity contribution < 1.29 is 12.8 Å². The Bertz CT molecular complexity index is 790. The Morgan fingerprint density at radius 2 is 2.00 bits per heavy atom. The van der Waals surface area contributed by atoms with Crippen LogP contribution in [0, 0.1) is 0 Å². The smallest absolute Gasteiger partial charge is 0.225 e. The van der Waals surface area contributed by atoms with E-state index in [0.717, 1.165) is 6.26 Å². The van der Waals surface area contributed by atoms with E-state index in [1.165, 1.54) is 12.1 Å². The second-order valence-electron chi connectivity index (χ2n) is 4.36. The number of halogens is 1. The maximum atomic E-state index is 12.4. The third kappa shape index (κ3) is 2.67. The first kappa shape index (κ1) is 14.1. The molecule has 1 heterocycles. The number of hydrogen-bond acceptors (Lipinski definition) is 4. The molecule has 2 rings (SSSR count). The lowest BCUT2D eigenvalue weighted by Gasteiger charge is -2.07. The van der Waals surface area contributed by atoms with Gasteiger partial charge in [-0.05, 0) is 24.6 Å². The van der Waals surface area contributed by atoms with Crippen molar-refractivity contribution in [3.05, 3.63) is 39.0 Å². The first-order chi connectivity index (χ1) is 8.84. The molecule has 0 fully saturated rings. The van der Waals surface area contributed by atoms with E-state index in [4.69, 9.17) is 16.0 Å². The van der Waals surface area contributed by atoms with Gasteiger partial charge in [-0.25, -0.2) is 8.42 Å². The molecule has 0 atom stereocenters. The second-order valence-corrected chi connectivity index (χ2v) is 6.71. The first-order valence-corrected chi connectivity index (χ1v) is 8.07. The van der Waals surface area contributed by atoms with Gasteiger partial charge in [-0.3, -0.25) is 4.79 Å². The molecular weight excluding hydrogens is 288 g/mol. The van der Waals surface area contributed by atoms with Crippen LogP contribution in [0.3, 0.4) is 0 Å². The normalized spacial score (nSPS) is 11.9. The Morgan fingerprint density at radius 1 is 1.32 bits per heavy atom. The van der Waals surface area contributed by atoms with Gasteiger partial charge < -0.3 is 4.42 Å². The molecule has 4 nitrogen and oxygen atoms in total. The lowest BCUT2D eigenvalue weighted by atomic mass is 10.1. The minimum Gasteiger partial charge on any atom is -0.444 e. The van der Waals surface area contributed by atoms with Gasteiger partial charge in [-0.1, -0.05) is 24.9 Å². The summed E-state index contributed by atoms with van der Waals surface area (Å²) in [4.78, 5) is 12.4. The van der Waals surface area contributed by atoms with Crippen molar-refractivity contribution in [2.45, 2.75) is 24.9 Å².